The molecule has 2 heterocycles. The Morgan fingerprint density at radius 3 is 2.41 bits per heavy atom. The summed E-state index contributed by atoms with van der Waals surface area (Å²) in [6, 6.07) is 4.23. The van der Waals surface area contributed by atoms with Gasteiger partial charge in [-0.25, -0.2) is 0 Å². The predicted octanol–water partition coefficient (Wildman–Crippen LogP) is 5.46. The van der Waals surface area contributed by atoms with Crippen molar-refractivity contribution in [2.75, 3.05) is 11.4 Å². The molecule has 0 radical (unpaired) electrons. The van der Waals surface area contributed by atoms with Crippen molar-refractivity contribution >= 4 is 40.2 Å². The second-order valence-corrected chi connectivity index (χ2v) is 9.09. The third kappa shape index (κ3) is 3.33. The number of hydrogen-bond acceptors (Lipinski definition) is 4. The summed E-state index contributed by atoms with van der Waals surface area (Å²) in [5.41, 5.74) is 5.73. The summed E-state index contributed by atoms with van der Waals surface area (Å²) < 4.78 is 0. The zero-order valence-corrected chi connectivity index (χ0v) is 18.0. The molecule has 2 aliphatic rings. The highest BCUT2D eigenvalue weighted by Crippen LogP contribution is 2.41. The quantitative estimate of drug-likeness (QED) is 0.649. The maximum absolute atomic E-state index is 12.6. The molecule has 1 saturated heterocycles. The molecule has 0 N–H and O–H groups in total. The number of fused-ring (bicyclic) bond motifs is 1. The number of likely N-dealkylation sites (N-methyl/N-ethyl adjacent to an activating group) is 1. The van der Waals surface area contributed by atoms with Crippen molar-refractivity contribution in [3.05, 3.63) is 39.8 Å². The molecule has 0 aromatic heterocycles. The highest BCUT2D eigenvalue weighted by Gasteiger charge is 2.37. The number of carbonyl (C=O) groups is 2. The number of allylic oxidation sites excluding steroid dienone is 1. The molecule has 0 aliphatic carbocycles. The van der Waals surface area contributed by atoms with E-state index in [4.69, 9.17) is 0 Å². The van der Waals surface area contributed by atoms with Crippen LogP contribution in [0.5, 0.6) is 0 Å². The first-order valence-corrected chi connectivity index (χ1v) is 10.3. The van der Waals surface area contributed by atoms with E-state index in [1.807, 2.05) is 19.9 Å². The molecule has 144 valence electrons. The third-order valence-electron chi connectivity index (χ3n) is 5.31. The highest BCUT2D eigenvalue weighted by atomic mass is 32.2. The van der Waals surface area contributed by atoms with Crippen LogP contribution >= 0.6 is 11.8 Å². The summed E-state index contributed by atoms with van der Waals surface area (Å²) in [5, 5.41) is -0.188. The Hall–Kier alpha value is -2.01. The minimum Gasteiger partial charge on any atom is -0.363 e. The average molecular weight is 385 g/mol. The van der Waals surface area contributed by atoms with E-state index in [9.17, 15) is 9.59 Å². The lowest BCUT2D eigenvalue weighted by molar-refractivity contribution is -0.123. The molecule has 1 aromatic carbocycles. The number of rotatable bonds is 3. The van der Waals surface area contributed by atoms with Crippen molar-refractivity contribution < 1.29 is 9.59 Å². The van der Waals surface area contributed by atoms with Gasteiger partial charge in [-0.3, -0.25) is 14.5 Å². The van der Waals surface area contributed by atoms with E-state index in [1.54, 1.807) is 0 Å². The van der Waals surface area contributed by atoms with Gasteiger partial charge < -0.3 is 4.90 Å². The van der Waals surface area contributed by atoms with Crippen LogP contribution in [0.2, 0.25) is 0 Å². The Kier molecular flexibility index (Phi) is 5.02. The summed E-state index contributed by atoms with van der Waals surface area (Å²) in [6.45, 7) is 15.5. The lowest BCUT2D eigenvalue weighted by Gasteiger charge is -2.43. The Morgan fingerprint density at radius 1 is 1.19 bits per heavy atom. The number of nitrogens with zero attached hydrogens (tertiary/aromatic N) is 2. The molecule has 0 atom stereocenters. The van der Waals surface area contributed by atoms with E-state index in [0.29, 0.717) is 4.91 Å². The number of carbonyl (C=O) groups excluding carboxylic acids is 2. The fraction of sp³-hybridized carbons (Fsp3) is 0.455. The lowest BCUT2D eigenvalue weighted by Crippen LogP contribution is -2.44. The van der Waals surface area contributed by atoms with E-state index in [1.165, 1.54) is 21.7 Å². The molecule has 4 nitrogen and oxygen atoms in total. The van der Waals surface area contributed by atoms with Gasteiger partial charge in [-0.1, -0.05) is 6.08 Å². The van der Waals surface area contributed by atoms with Crippen molar-refractivity contribution in [1.82, 2.24) is 4.90 Å². The van der Waals surface area contributed by atoms with Crippen LogP contribution in [0.3, 0.4) is 0 Å². The highest BCUT2D eigenvalue weighted by molar-refractivity contribution is 8.18. The van der Waals surface area contributed by atoms with E-state index in [2.05, 4.69) is 57.7 Å². The van der Waals surface area contributed by atoms with Crippen molar-refractivity contribution in [3.8, 4) is 0 Å². The number of anilines is 1. The average Bonchev–Trinajstić information content (AvgIpc) is 2.82. The second kappa shape index (κ2) is 6.86. The first kappa shape index (κ1) is 19.7. The molecular formula is C22H28N2O2S. The van der Waals surface area contributed by atoms with E-state index >= 15 is 0 Å². The van der Waals surface area contributed by atoms with Crippen molar-refractivity contribution in [2.24, 2.45) is 0 Å². The van der Waals surface area contributed by atoms with Crippen LogP contribution in [-0.2, 0) is 4.79 Å². The van der Waals surface area contributed by atoms with Crippen LogP contribution in [-0.4, -0.2) is 34.2 Å². The minimum atomic E-state index is -0.194. The molecule has 2 aliphatic heterocycles. The molecule has 5 heteroatoms. The van der Waals surface area contributed by atoms with Crippen LogP contribution in [0.15, 0.2) is 23.1 Å². The number of aryl methyl sites for hydroxylation is 1. The molecule has 1 fully saturated rings. The number of amides is 2. The molecule has 0 unspecified atom stereocenters. The fourth-order valence-corrected chi connectivity index (χ4v) is 5.00. The lowest BCUT2D eigenvalue weighted by atomic mass is 9.87. The van der Waals surface area contributed by atoms with Crippen molar-refractivity contribution in [2.45, 2.75) is 60.0 Å². The van der Waals surface area contributed by atoms with Crippen molar-refractivity contribution in [3.63, 3.8) is 0 Å². The molecule has 2 amide bonds. The van der Waals surface area contributed by atoms with Gasteiger partial charge in [-0.2, -0.15) is 0 Å². The number of benzene rings is 1. The Labute approximate surface area is 166 Å². The topological polar surface area (TPSA) is 40.6 Å². The number of hydrogen-bond donors (Lipinski definition) is 0. The molecule has 0 saturated carbocycles. The summed E-state index contributed by atoms with van der Waals surface area (Å²) in [4.78, 5) is 29.0. The Bertz CT molecular complexity index is 881. The maximum Gasteiger partial charge on any atom is 0.293 e. The Balaban J connectivity index is 2.07. The van der Waals surface area contributed by atoms with Crippen LogP contribution in [0.4, 0.5) is 10.5 Å². The van der Waals surface area contributed by atoms with Gasteiger partial charge in [0.1, 0.15) is 0 Å². The number of imide groups is 1. The molecule has 0 bridgehead atoms. The van der Waals surface area contributed by atoms with E-state index in [-0.39, 0.29) is 22.7 Å². The predicted molar refractivity (Wildman–Crippen MR) is 115 cm³/mol. The summed E-state index contributed by atoms with van der Waals surface area (Å²) >= 11 is 1.03. The monoisotopic (exact) mass is 384 g/mol. The SMILES string of the molecule is CCN1c2cc(C)c(/C=C3\SC(=O)N(C(C)C)C3=O)cc2C(C)=CC1(C)C. The normalized spacial score (nSPS) is 20.6. The number of thioether (sulfide) groups is 1. The standard InChI is InChI=1S/C22H28N2O2S/c1-8-23-18-9-14(4)16(10-17(18)15(5)12-22(23,6)7)11-19-20(25)24(13(2)3)21(26)27-19/h9-13H,8H2,1-7H3/b19-11-. The Morgan fingerprint density at radius 2 is 1.85 bits per heavy atom. The largest absolute Gasteiger partial charge is 0.363 e. The van der Waals surface area contributed by atoms with Gasteiger partial charge in [0.25, 0.3) is 11.1 Å². The smallest absolute Gasteiger partial charge is 0.293 e. The summed E-state index contributed by atoms with van der Waals surface area (Å²) in [7, 11) is 0. The molecule has 27 heavy (non-hydrogen) atoms. The molecule has 1 aromatic rings. The van der Waals surface area contributed by atoms with Crippen LogP contribution < -0.4 is 4.90 Å². The van der Waals surface area contributed by atoms with Crippen LogP contribution in [0.1, 0.15) is 58.2 Å². The van der Waals surface area contributed by atoms with Gasteiger partial charge in [0, 0.05) is 23.8 Å². The summed E-state index contributed by atoms with van der Waals surface area (Å²) in [5.74, 6) is -0.194. The zero-order valence-electron chi connectivity index (χ0n) is 17.2. The zero-order chi connectivity index (χ0) is 20.1. The first-order chi connectivity index (χ1) is 12.6. The fourth-order valence-electron chi connectivity index (χ4n) is 4.04. The third-order valence-corrected chi connectivity index (χ3v) is 6.19. The second-order valence-electron chi connectivity index (χ2n) is 8.10. The molecule has 3 rings (SSSR count). The van der Waals surface area contributed by atoms with Crippen LogP contribution in [0.25, 0.3) is 11.6 Å². The van der Waals surface area contributed by atoms with Gasteiger partial charge in [0.05, 0.1) is 10.4 Å². The molecule has 0 spiro atoms. The van der Waals surface area contributed by atoms with Crippen LogP contribution in [0, 0.1) is 6.92 Å². The minimum absolute atomic E-state index is 0.0281. The van der Waals surface area contributed by atoms with Gasteiger partial charge in [-0.15, -0.1) is 0 Å². The summed E-state index contributed by atoms with van der Waals surface area (Å²) in [6.07, 6.45) is 4.16. The first-order valence-electron chi connectivity index (χ1n) is 9.46. The van der Waals surface area contributed by atoms with E-state index < -0.39 is 0 Å². The van der Waals surface area contributed by atoms with Crippen molar-refractivity contribution in [1.29, 1.82) is 0 Å². The van der Waals surface area contributed by atoms with Gasteiger partial charge in [-0.05, 0) is 95.1 Å². The van der Waals surface area contributed by atoms with E-state index in [0.717, 1.165) is 29.4 Å². The maximum atomic E-state index is 12.6. The van der Waals surface area contributed by atoms with Gasteiger partial charge >= 0.3 is 0 Å². The van der Waals surface area contributed by atoms with Gasteiger partial charge in [0.2, 0.25) is 0 Å². The molecular weight excluding hydrogens is 356 g/mol. The van der Waals surface area contributed by atoms with Gasteiger partial charge in [0.15, 0.2) is 0 Å².